The second-order valence-corrected chi connectivity index (χ2v) is 3.52. The van der Waals surface area contributed by atoms with Crippen LogP contribution in [-0.2, 0) is 14.3 Å². The summed E-state index contributed by atoms with van der Waals surface area (Å²) in [6.07, 6.45) is -4.88. The third-order valence-electron chi connectivity index (χ3n) is 2.61. The summed E-state index contributed by atoms with van der Waals surface area (Å²) >= 11 is 0. The highest BCUT2D eigenvalue weighted by Gasteiger charge is 2.47. The zero-order valence-electron chi connectivity index (χ0n) is 8.66. The third kappa shape index (κ3) is 2.28. The molecule has 1 fully saturated rings. The van der Waals surface area contributed by atoms with Gasteiger partial charge in [0.2, 0.25) is 0 Å². The Morgan fingerprint density at radius 2 is 2.00 bits per heavy atom. The van der Waals surface area contributed by atoms with Crippen LogP contribution in [0.25, 0.3) is 0 Å². The molecule has 1 aliphatic rings. The number of carboxylic acid groups (broad SMARTS) is 1. The normalized spacial score (nSPS) is 41.5. The molecule has 1 saturated heterocycles. The number of aliphatic hydroxyl groups is 2. The van der Waals surface area contributed by atoms with Gasteiger partial charge in [-0.15, -0.1) is 0 Å². The highest BCUT2D eigenvalue weighted by molar-refractivity contribution is 5.73. The second kappa shape index (κ2) is 4.89. The Bertz CT molecular complexity index is 231. The van der Waals surface area contributed by atoms with Crippen LogP contribution in [-0.4, -0.2) is 58.9 Å². The molecule has 0 aromatic rings. The Hall–Kier alpha value is -0.690. The number of hydrogen-bond donors (Lipinski definition) is 3. The standard InChI is InChI=1S/C9H16O6/c1-3-4-5(10)6(11)7(14-2)8(15-4)9(12)13/h4-8,10-11H,3H2,1-2H3,(H,12,13)/t4?,5-,6-,7+,8?/m1/s1. The minimum absolute atomic E-state index is 0.429. The molecule has 1 heterocycles. The number of rotatable bonds is 3. The molecule has 88 valence electrons. The van der Waals surface area contributed by atoms with Crippen LogP contribution in [0.5, 0.6) is 0 Å². The molecule has 1 aliphatic heterocycles. The first-order valence-electron chi connectivity index (χ1n) is 4.80. The number of ether oxygens (including phenoxy) is 2. The fraction of sp³-hybridized carbons (Fsp3) is 0.889. The monoisotopic (exact) mass is 220 g/mol. The molecule has 2 unspecified atom stereocenters. The van der Waals surface area contributed by atoms with Crippen molar-refractivity contribution in [1.29, 1.82) is 0 Å². The minimum atomic E-state index is -1.24. The highest BCUT2D eigenvalue weighted by atomic mass is 16.6. The summed E-state index contributed by atoms with van der Waals surface area (Å²) in [6, 6.07) is 0. The SMILES string of the molecule is CCC1OC(C(=O)O)[C@@H](OC)[C@H](O)[C@@H]1O. The Balaban J connectivity index is 2.84. The molecule has 6 nitrogen and oxygen atoms in total. The maximum absolute atomic E-state index is 10.8. The van der Waals surface area contributed by atoms with Crippen molar-refractivity contribution in [1.82, 2.24) is 0 Å². The van der Waals surface area contributed by atoms with Crippen molar-refractivity contribution in [2.45, 2.75) is 43.9 Å². The van der Waals surface area contributed by atoms with E-state index in [1.165, 1.54) is 7.11 Å². The van der Waals surface area contributed by atoms with Crippen molar-refractivity contribution in [3.63, 3.8) is 0 Å². The summed E-state index contributed by atoms with van der Waals surface area (Å²) in [7, 11) is 1.27. The summed E-state index contributed by atoms with van der Waals surface area (Å²) < 4.78 is 9.97. The zero-order chi connectivity index (χ0) is 11.6. The fourth-order valence-electron chi connectivity index (χ4n) is 1.74. The van der Waals surface area contributed by atoms with Crippen molar-refractivity contribution in [2.24, 2.45) is 0 Å². The first kappa shape index (κ1) is 12.4. The van der Waals surface area contributed by atoms with Crippen molar-refractivity contribution >= 4 is 5.97 Å². The van der Waals surface area contributed by atoms with Gasteiger partial charge in [0.25, 0.3) is 0 Å². The zero-order valence-corrected chi connectivity index (χ0v) is 8.66. The highest BCUT2D eigenvalue weighted by Crippen LogP contribution is 2.24. The lowest BCUT2D eigenvalue weighted by Crippen LogP contribution is -2.60. The van der Waals surface area contributed by atoms with E-state index < -0.39 is 36.5 Å². The molecule has 0 radical (unpaired) electrons. The maximum atomic E-state index is 10.8. The van der Waals surface area contributed by atoms with Gasteiger partial charge in [-0.1, -0.05) is 6.92 Å². The molecule has 0 saturated carbocycles. The van der Waals surface area contributed by atoms with Gasteiger partial charge in [-0.2, -0.15) is 0 Å². The topological polar surface area (TPSA) is 96.2 Å². The van der Waals surface area contributed by atoms with Crippen LogP contribution in [0.4, 0.5) is 0 Å². The van der Waals surface area contributed by atoms with Crippen LogP contribution in [0.2, 0.25) is 0 Å². The lowest BCUT2D eigenvalue weighted by Gasteiger charge is -2.40. The number of hydrogen-bond acceptors (Lipinski definition) is 5. The minimum Gasteiger partial charge on any atom is -0.479 e. The largest absolute Gasteiger partial charge is 0.479 e. The Morgan fingerprint density at radius 3 is 2.40 bits per heavy atom. The number of aliphatic carboxylic acids is 1. The van der Waals surface area contributed by atoms with E-state index in [0.717, 1.165) is 0 Å². The van der Waals surface area contributed by atoms with E-state index in [1.807, 2.05) is 0 Å². The van der Waals surface area contributed by atoms with Gasteiger partial charge in [0, 0.05) is 7.11 Å². The predicted molar refractivity (Wildman–Crippen MR) is 49.4 cm³/mol. The van der Waals surface area contributed by atoms with Crippen molar-refractivity contribution in [3.8, 4) is 0 Å². The second-order valence-electron chi connectivity index (χ2n) is 3.52. The summed E-state index contributed by atoms with van der Waals surface area (Å²) in [5.41, 5.74) is 0. The summed E-state index contributed by atoms with van der Waals surface area (Å²) in [6.45, 7) is 1.74. The van der Waals surface area contributed by atoms with Crippen molar-refractivity contribution < 1.29 is 29.6 Å². The Morgan fingerprint density at radius 1 is 1.40 bits per heavy atom. The first-order chi connectivity index (χ1) is 7.02. The van der Waals surface area contributed by atoms with E-state index >= 15 is 0 Å². The van der Waals surface area contributed by atoms with Crippen LogP contribution < -0.4 is 0 Å². The Kier molecular flexibility index (Phi) is 4.04. The van der Waals surface area contributed by atoms with Crippen LogP contribution in [0.15, 0.2) is 0 Å². The number of carbonyl (C=O) groups is 1. The fourth-order valence-corrected chi connectivity index (χ4v) is 1.74. The number of carboxylic acids is 1. The molecule has 0 aliphatic carbocycles. The molecule has 0 amide bonds. The summed E-state index contributed by atoms with van der Waals surface area (Å²) in [4.78, 5) is 10.8. The van der Waals surface area contributed by atoms with Gasteiger partial charge >= 0.3 is 5.97 Å². The quantitative estimate of drug-likeness (QED) is 0.563. The van der Waals surface area contributed by atoms with Gasteiger partial charge < -0.3 is 24.8 Å². The van der Waals surface area contributed by atoms with Gasteiger partial charge in [0.1, 0.15) is 18.3 Å². The van der Waals surface area contributed by atoms with E-state index in [-0.39, 0.29) is 0 Å². The van der Waals surface area contributed by atoms with Crippen LogP contribution in [0.3, 0.4) is 0 Å². The molecule has 0 spiro atoms. The molecule has 5 atom stereocenters. The molecule has 1 rings (SSSR count). The molecule has 3 N–H and O–H groups in total. The molecule has 0 bridgehead atoms. The van der Waals surface area contributed by atoms with Gasteiger partial charge in [0.05, 0.1) is 6.10 Å². The van der Waals surface area contributed by atoms with Crippen LogP contribution >= 0.6 is 0 Å². The average molecular weight is 220 g/mol. The molecule has 15 heavy (non-hydrogen) atoms. The van der Waals surface area contributed by atoms with E-state index in [2.05, 4.69) is 0 Å². The van der Waals surface area contributed by atoms with Gasteiger partial charge in [-0.25, -0.2) is 4.79 Å². The predicted octanol–water partition coefficient (Wildman–Crippen LogP) is -1.01. The lowest BCUT2D eigenvalue weighted by atomic mass is 9.93. The average Bonchev–Trinajstić information content (AvgIpc) is 2.21. The van der Waals surface area contributed by atoms with Crippen molar-refractivity contribution in [2.75, 3.05) is 7.11 Å². The molecule has 0 aromatic heterocycles. The molecular weight excluding hydrogens is 204 g/mol. The van der Waals surface area contributed by atoms with Gasteiger partial charge in [-0.05, 0) is 6.42 Å². The number of methoxy groups -OCH3 is 1. The summed E-state index contributed by atoms with van der Waals surface area (Å²) in [5.74, 6) is -1.20. The van der Waals surface area contributed by atoms with Crippen LogP contribution in [0, 0.1) is 0 Å². The number of aliphatic hydroxyl groups excluding tert-OH is 2. The lowest BCUT2D eigenvalue weighted by molar-refractivity contribution is -0.233. The van der Waals surface area contributed by atoms with E-state index in [0.29, 0.717) is 6.42 Å². The van der Waals surface area contributed by atoms with Gasteiger partial charge in [-0.3, -0.25) is 0 Å². The van der Waals surface area contributed by atoms with Gasteiger partial charge in [0.15, 0.2) is 6.10 Å². The van der Waals surface area contributed by atoms with Crippen LogP contribution in [0.1, 0.15) is 13.3 Å². The molecule has 0 aromatic carbocycles. The maximum Gasteiger partial charge on any atom is 0.335 e. The summed E-state index contributed by atoms with van der Waals surface area (Å²) in [5, 5.41) is 28.1. The van der Waals surface area contributed by atoms with E-state index in [1.54, 1.807) is 6.92 Å². The molecular formula is C9H16O6. The van der Waals surface area contributed by atoms with E-state index in [9.17, 15) is 15.0 Å². The Labute approximate surface area is 87.4 Å². The third-order valence-corrected chi connectivity index (χ3v) is 2.61. The van der Waals surface area contributed by atoms with Crippen molar-refractivity contribution in [3.05, 3.63) is 0 Å². The van der Waals surface area contributed by atoms with E-state index in [4.69, 9.17) is 14.6 Å². The molecule has 6 heteroatoms. The first-order valence-corrected chi connectivity index (χ1v) is 4.80. The smallest absolute Gasteiger partial charge is 0.335 e.